The summed E-state index contributed by atoms with van der Waals surface area (Å²) in [6, 6.07) is 13.6. The second-order valence-corrected chi connectivity index (χ2v) is 7.29. The maximum Gasteiger partial charge on any atom is 0.264 e. The van der Waals surface area contributed by atoms with Gasteiger partial charge in [-0.2, -0.15) is 0 Å². The number of benzene rings is 1. The van der Waals surface area contributed by atoms with E-state index in [0.717, 1.165) is 34.3 Å². The van der Waals surface area contributed by atoms with Crippen molar-refractivity contribution < 1.29 is 14.3 Å². The molecule has 2 aromatic heterocycles. The van der Waals surface area contributed by atoms with Gasteiger partial charge in [0.15, 0.2) is 0 Å². The summed E-state index contributed by atoms with van der Waals surface area (Å²) in [5.41, 5.74) is 0. The number of likely N-dealkylation sites (tertiary alicyclic amines) is 1. The molecule has 1 fully saturated rings. The lowest BCUT2D eigenvalue weighted by molar-refractivity contribution is 0.0646. The van der Waals surface area contributed by atoms with Crippen LogP contribution in [-0.2, 0) is 0 Å². The van der Waals surface area contributed by atoms with Crippen LogP contribution in [0.3, 0.4) is 0 Å². The third kappa shape index (κ3) is 2.85. The van der Waals surface area contributed by atoms with Crippen LogP contribution < -0.4 is 0 Å². The van der Waals surface area contributed by atoms with E-state index >= 15 is 0 Å². The molecule has 0 saturated carbocycles. The molecule has 2 atom stereocenters. The summed E-state index contributed by atoms with van der Waals surface area (Å²) in [6.45, 7) is 0.753. The van der Waals surface area contributed by atoms with E-state index in [2.05, 4.69) is 0 Å². The molecule has 1 saturated heterocycles. The molecule has 5 heteroatoms. The quantitative estimate of drug-likeness (QED) is 0.773. The van der Waals surface area contributed by atoms with E-state index in [-0.39, 0.29) is 11.9 Å². The van der Waals surface area contributed by atoms with E-state index in [9.17, 15) is 9.90 Å². The van der Waals surface area contributed by atoms with Crippen LogP contribution in [0.5, 0.6) is 0 Å². The van der Waals surface area contributed by atoms with Gasteiger partial charge in [-0.15, -0.1) is 11.3 Å². The summed E-state index contributed by atoms with van der Waals surface area (Å²) in [5.74, 6) is 0.640. The minimum absolute atomic E-state index is 0.0582. The molecule has 1 aromatic carbocycles. The fraction of sp³-hybridized carbons (Fsp3) is 0.316. The van der Waals surface area contributed by atoms with Gasteiger partial charge in [0.1, 0.15) is 11.9 Å². The molecule has 1 aliphatic heterocycles. The topological polar surface area (TPSA) is 53.7 Å². The largest absolute Gasteiger partial charge is 0.467 e. The van der Waals surface area contributed by atoms with Gasteiger partial charge in [-0.3, -0.25) is 4.79 Å². The van der Waals surface area contributed by atoms with Crippen molar-refractivity contribution in [2.24, 2.45) is 0 Å². The van der Waals surface area contributed by atoms with Gasteiger partial charge < -0.3 is 14.4 Å². The highest BCUT2D eigenvalue weighted by Crippen LogP contribution is 2.32. The molecule has 4 rings (SSSR count). The number of aliphatic hydroxyl groups excluding tert-OH is 1. The highest BCUT2D eigenvalue weighted by atomic mass is 32.1. The van der Waals surface area contributed by atoms with Gasteiger partial charge in [0.2, 0.25) is 0 Å². The molecule has 1 N–H and O–H groups in total. The number of hydrogen-bond acceptors (Lipinski definition) is 4. The van der Waals surface area contributed by atoms with Crippen molar-refractivity contribution in [1.29, 1.82) is 0 Å². The van der Waals surface area contributed by atoms with E-state index in [1.165, 1.54) is 11.3 Å². The van der Waals surface area contributed by atoms with Crippen LogP contribution >= 0.6 is 11.3 Å². The lowest BCUT2D eigenvalue weighted by atomic mass is 10.1. The Kier molecular flexibility index (Phi) is 4.12. The molecule has 0 aliphatic carbocycles. The zero-order chi connectivity index (χ0) is 16.5. The third-order valence-corrected chi connectivity index (χ3v) is 5.75. The molecule has 0 spiro atoms. The second kappa shape index (κ2) is 6.42. The molecule has 0 radical (unpaired) electrons. The van der Waals surface area contributed by atoms with Gasteiger partial charge in [0, 0.05) is 23.7 Å². The van der Waals surface area contributed by atoms with Crippen LogP contribution in [0.25, 0.3) is 10.1 Å². The Bertz CT molecular complexity index is 806. The van der Waals surface area contributed by atoms with Crippen LogP contribution in [0.2, 0.25) is 0 Å². The Hall–Kier alpha value is -2.11. The molecule has 1 aliphatic rings. The van der Waals surface area contributed by atoms with Crippen LogP contribution in [0.4, 0.5) is 0 Å². The van der Waals surface area contributed by atoms with E-state index < -0.39 is 6.10 Å². The zero-order valence-corrected chi connectivity index (χ0v) is 14.0. The van der Waals surface area contributed by atoms with Gasteiger partial charge in [-0.05, 0) is 42.5 Å². The first-order valence-corrected chi connectivity index (χ1v) is 9.05. The third-order valence-electron chi connectivity index (χ3n) is 4.64. The SMILES string of the molecule is O=C(c1cc2ccccc2s1)N1CCC[C@@H]1C[C@@H](O)c1ccco1. The molecule has 3 heterocycles. The lowest BCUT2D eigenvalue weighted by Gasteiger charge is -2.25. The fourth-order valence-corrected chi connectivity index (χ4v) is 4.45. The number of thiophene rings is 1. The summed E-state index contributed by atoms with van der Waals surface area (Å²) >= 11 is 1.54. The number of amides is 1. The molecule has 4 nitrogen and oxygen atoms in total. The first kappa shape index (κ1) is 15.4. The molecule has 3 aromatic rings. The monoisotopic (exact) mass is 341 g/mol. The van der Waals surface area contributed by atoms with Crippen LogP contribution in [0.1, 0.15) is 40.8 Å². The van der Waals surface area contributed by atoms with E-state index in [1.54, 1.807) is 18.4 Å². The predicted octanol–water partition coefficient (Wildman–Crippen LogP) is 4.22. The summed E-state index contributed by atoms with van der Waals surface area (Å²) in [5, 5.41) is 11.4. The van der Waals surface area contributed by atoms with Crippen molar-refractivity contribution in [2.45, 2.75) is 31.4 Å². The van der Waals surface area contributed by atoms with Crippen molar-refractivity contribution in [1.82, 2.24) is 4.90 Å². The number of nitrogens with zero attached hydrogens (tertiary/aromatic N) is 1. The van der Waals surface area contributed by atoms with Gasteiger partial charge in [0.05, 0.1) is 11.1 Å². The Morgan fingerprint density at radius 2 is 2.21 bits per heavy atom. The second-order valence-electron chi connectivity index (χ2n) is 6.21. The minimum atomic E-state index is -0.666. The maximum absolute atomic E-state index is 12.9. The molecular formula is C19H19NO3S. The zero-order valence-electron chi connectivity index (χ0n) is 13.2. The number of carbonyl (C=O) groups excluding carboxylic acids is 1. The van der Waals surface area contributed by atoms with Gasteiger partial charge >= 0.3 is 0 Å². The molecular weight excluding hydrogens is 322 g/mol. The number of fused-ring (bicyclic) bond motifs is 1. The van der Waals surface area contributed by atoms with Crippen molar-refractivity contribution in [3.8, 4) is 0 Å². The fourth-order valence-electron chi connectivity index (χ4n) is 3.43. The molecule has 124 valence electrons. The van der Waals surface area contributed by atoms with Crippen molar-refractivity contribution in [3.63, 3.8) is 0 Å². The van der Waals surface area contributed by atoms with Gasteiger partial charge in [-0.25, -0.2) is 0 Å². The lowest BCUT2D eigenvalue weighted by Crippen LogP contribution is -2.36. The van der Waals surface area contributed by atoms with E-state index in [4.69, 9.17) is 4.42 Å². The Morgan fingerprint density at radius 3 is 3.00 bits per heavy atom. The van der Waals surface area contributed by atoms with E-state index in [0.29, 0.717) is 12.2 Å². The number of hydrogen-bond donors (Lipinski definition) is 1. The molecule has 0 bridgehead atoms. The summed E-state index contributed by atoms with van der Waals surface area (Å²) in [7, 11) is 0. The average molecular weight is 341 g/mol. The van der Waals surface area contributed by atoms with Crippen LogP contribution in [0.15, 0.2) is 53.1 Å². The number of furan rings is 1. The van der Waals surface area contributed by atoms with Gasteiger partial charge in [0.25, 0.3) is 5.91 Å². The normalized spacial score (nSPS) is 19.0. The molecule has 0 unspecified atom stereocenters. The smallest absolute Gasteiger partial charge is 0.264 e. The van der Waals surface area contributed by atoms with Crippen molar-refractivity contribution in [3.05, 3.63) is 59.4 Å². The number of aliphatic hydroxyl groups is 1. The Morgan fingerprint density at radius 1 is 1.33 bits per heavy atom. The first-order valence-electron chi connectivity index (χ1n) is 8.23. The highest BCUT2D eigenvalue weighted by molar-refractivity contribution is 7.20. The van der Waals surface area contributed by atoms with Crippen molar-refractivity contribution >= 4 is 27.3 Å². The Balaban J connectivity index is 1.52. The predicted molar refractivity (Wildman–Crippen MR) is 94.2 cm³/mol. The standard InChI is InChI=1S/C19H19NO3S/c21-15(16-7-4-10-23-16)12-14-6-3-9-20(14)19(22)18-11-13-5-1-2-8-17(13)24-18/h1-2,4-5,7-8,10-11,14-15,21H,3,6,9,12H2/t14-,15-/m1/s1. The Labute approximate surface area is 144 Å². The van der Waals surface area contributed by atoms with Gasteiger partial charge in [-0.1, -0.05) is 18.2 Å². The van der Waals surface area contributed by atoms with E-state index in [1.807, 2.05) is 35.2 Å². The first-order chi connectivity index (χ1) is 11.7. The highest BCUT2D eigenvalue weighted by Gasteiger charge is 2.32. The minimum Gasteiger partial charge on any atom is -0.467 e. The van der Waals surface area contributed by atoms with Crippen LogP contribution in [-0.4, -0.2) is 28.5 Å². The molecule has 1 amide bonds. The molecule has 24 heavy (non-hydrogen) atoms. The average Bonchev–Trinajstić information content (AvgIpc) is 3.33. The maximum atomic E-state index is 12.9. The number of carbonyl (C=O) groups is 1. The van der Waals surface area contributed by atoms with Crippen molar-refractivity contribution in [2.75, 3.05) is 6.54 Å². The number of rotatable bonds is 4. The summed E-state index contributed by atoms with van der Waals surface area (Å²) in [4.78, 5) is 15.6. The summed E-state index contributed by atoms with van der Waals surface area (Å²) in [6.07, 6.45) is 3.32. The van der Waals surface area contributed by atoms with Crippen LogP contribution in [0, 0.1) is 0 Å². The summed E-state index contributed by atoms with van der Waals surface area (Å²) < 4.78 is 6.41.